The number of fused-ring (bicyclic) bond motifs is 1. The molecule has 0 unspecified atom stereocenters. The third-order valence-corrected chi connectivity index (χ3v) is 3.40. The van der Waals surface area contributed by atoms with Gasteiger partial charge in [-0.15, -0.1) is 0 Å². The first-order valence-corrected chi connectivity index (χ1v) is 6.88. The molecular weight excluding hydrogens is 270 g/mol. The van der Waals surface area contributed by atoms with E-state index in [9.17, 15) is 9.59 Å². The second-order valence-electron chi connectivity index (χ2n) is 5.10. The Bertz CT molecular complexity index is 721. The molecule has 2 heterocycles. The van der Waals surface area contributed by atoms with Gasteiger partial charge in [0.15, 0.2) is 5.82 Å². The molecule has 108 valence electrons. The van der Waals surface area contributed by atoms with Gasteiger partial charge >= 0.3 is 0 Å². The molecule has 0 aliphatic carbocycles. The van der Waals surface area contributed by atoms with Gasteiger partial charge in [-0.25, -0.2) is 0 Å². The molecule has 6 nitrogen and oxygen atoms in total. The third-order valence-electron chi connectivity index (χ3n) is 3.40. The molecule has 1 amide bonds. The predicted molar refractivity (Wildman–Crippen MR) is 75.0 cm³/mol. The van der Waals surface area contributed by atoms with Crippen LogP contribution in [0.4, 0.5) is 5.69 Å². The first-order valence-electron chi connectivity index (χ1n) is 6.88. The molecule has 0 spiro atoms. The van der Waals surface area contributed by atoms with Crippen molar-refractivity contribution in [1.29, 1.82) is 0 Å². The minimum absolute atomic E-state index is 0.147. The minimum atomic E-state index is -0.544. The molecule has 21 heavy (non-hydrogen) atoms. The van der Waals surface area contributed by atoms with E-state index in [4.69, 9.17) is 4.52 Å². The standard InChI is InChI=1S/C15H15N3O3/c1-3-4-13-16-12(17-21-13)8-18-11-6-5-9(2)7-10(11)14(19)15(18)20/h5-7H,3-4,8H2,1-2H3. The maximum atomic E-state index is 12.1. The SMILES string of the molecule is CCCc1nc(CN2C(=O)C(=O)c3cc(C)ccc32)no1. The Labute approximate surface area is 121 Å². The Morgan fingerprint density at radius 3 is 2.86 bits per heavy atom. The number of aromatic nitrogens is 2. The van der Waals surface area contributed by atoms with Crippen LogP contribution >= 0.6 is 0 Å². The van der Waals surface area contributed by atoms with E-state index in [1.807, 2.05) is 19.9 Å². The van der Waals surface area contributed by atoms with Crippen molar-refractivity contribution < 1.29 is 14.1 Å². The van der Waals surface area contributed by atoms with Crippen LogP contribution < -0.4 is 4.90 Å². The molecule has 0 saturated carbocycles. The largest absolute Gasteiger partial charge is 0.339 e. The zero-order chi connectivity index (χ0) is 15.0. The Balaban J connectivity index is 1.89. The number of amides is 1. The first kappa shape index (κ1) is 13.5. The predicted octanol–water partition coefficient (Wildman–Crippen LogP) is 2.06. The van der Waals surface area contributed by atoms with Gasteiger partial charge in [0, 0.05) is 6.42 Å². The number of carbonyl (C=O) groups is 2. The molecule has 1 aliphatic heterocycles. The Hall–Kier alpha value is -2.50. The molecule has 1 aromatic carbocycles. The molecule has 3 rings (SSSR count). The number of Topliss-reactive ketones (excluding diaryl/α,β-unsaturated/α-hetero) is 1. The molecule has 0 saturated heterocycles. The second-order valence-corrected chi connectivity index (χ2v) is 5.10. The zero-order valence-corrected chi connectivity index (χ0v) is 11.9. The van der Waals surface area contributed by atoms with Crippen molar-refractivity contribution in [2.45, 2.75) is 33.2 Å². The van der Waals surface area contributed by atoms with Crippen molar-refractivity contribution in [3.05, 3.63) is 41.0 Å². The number of nitrogens with zero attached hydrogens (tertiary/aromatic N) is 3. The van der Waals surface area contributed by atoms with Gasteiger partial charge in [-0.05, 0) is 25.5 Å². The summed E-state index contributed by atoms with van der Waals surface area (Å²) < 4.78 is 5.10. The smallest absolute Gasteiger partial charge is 0.299 e. The van der Waals surface area contributed by atoms with Crippen molar-refractivity contribution >= 4 is 17.4 Å². The van der Waals surface area contributed by atoms with Crippen LogP contribution in [-0.2, 0) is 17.8 Å². The molecular formula is C15H15N3O3. The summed E-state index contributed by atoms with van der Waals surface area (Å²) in [6, 6.07) is 5.38. The molecule has 2 aromatic rings. The summed E-state index contributed by atoms with van der Waals surface area (Å²) in [5.74, 6) is -0.0638. The van der Waals surface area contributed by atoms with Crippen molar-refractivity contribution in [3.8, 4) is 0 Å². The Morgan fingerprint density at radius 2 is 2.10 bits per heavy atom. The minimum Gasteiger partial charge on any atom is -0.339 e. The highest BCUT2D eigenvalue weighted by atomic mass is 16.5. The number of carbonyl (C=O) groups excluding carboxylic acids is 2. The maximum Gasteiger partial charge on any atom is 0.299 e. The molecule has 0 radical (unpaired) electrons. The number of hydrogen-bond donors (Lipinski definition) is 0. The van der Waals surface area contributed by atoms with Gasteiger partial charge in [-0.3, -0.25) is 14.5 Å². The fourth-order valence-electron chi connectivity index (χ4n) is 2.38. The zero-order valence-electron chi connectivity index (χ0n) is 11.9. The summed E-state index contributed by atoms with van der Waals surface area (Å²) in [7, 11) is 0. The lowest BCUT2D eigenvalue weighted by Crippen LogP contribution is -2.29. The molecule has 6 heteroatoms. The van der Waals surface area contributed by atoms with E-state index in [1.165, 1.54) is 4.90 Å². The molecule has 0 N–H and O–H groups in total. The van der Waals surface area contributed by atoms with Gasteiger partial charge in [0.1, 0.15) is 0 Å². The number of rotatable bonds is 4. The number of anilines is 1. The van der Waals surface area contributed by atoms with Crippen molar-refractivity contribution in [1.82, 2.24) is 10.1 Å². The average Bonchev–Trinajstić information content (AvgIpc) is 2.99. The fourth-order valence-corrected chi connectivity index (χ4v) is 2.38. The topological polar surface area (TPSA) is 76.3 Å². The van der Waals surface area contributed by atoms with E-state index in [0.717, 1.165) is 12.0 Å². The summed E-state index contributed by atoms with van der Waals surface area (Å²) >= 11 is 0. The first-order chi connectivity index (χ1) is 10.1. The van der Waals surface area contributed by atoms with Crippen molar-refractivity contribution in [3.63, 3.8) is 0 Å². The molecule has 1 aliphatic rings. The van der Waals surface area contributed by atoms with Gasteiger partial charge < -0.3 is 4.52 Å². The summed E-state index contributed by atoms with van der Waals surface area (Å²) in [6.45, 7) is 4.05. The quantitative estimate of drug-likeness (QED) is 0.804. The van der Waals surface area contributed by atoms with Crippen LogP contribution in [0.15, 0.2) is 22.7 Å². The van der Waals surface area contributed by atoms with E-state index < -0.39 is 11.7 Å². The van der Waals surface area contributed by atoms with Crippen molar-refractivity contribution in [2.24, 2.45) is 0 Å². The van der Waals surface area contributed by atoms with Gasteiger partial charge in [-0.1, -0.05) is 23.7 Å². The Morgan fingerprint density at radius 1 is 1.29 bits per heavy atom. The molecule has 0 atom stereocenters. The summed E-state index contributed by atoms with van der Waals surface area (Å²) in [4.78, 5) is 29.7. The van der Waals surface area contributed by atoms with Crippen LogP contribution in [0.5, 0.6) is 0 Å². The van der Waals surface area contributed by atoms with Gasteiger partial charge in [0.05, 0.1) is 17.8 Å². The fraction of sp³-hybridized carbons (Fsp3) is 0.333. The lowest BCUT2D eigenvalue weighted by atomic mass is 10.1. The lowest BCUT2D eigenvalue weighted by molar-refractivity contribution is -0.114. The summed E-state index contributed by atoms with van der Waals surface area (Å²) in [6.07, 6.45) is 1.61. The average molecular weight is 285 g/mol. The Kier molecular flexibility index (Phi) is 3.29. The van der Waals surface area contributed by atoms with Gasteiger partial charge in [0.25, 0.3) is 11.7 Å². The van der Waals surface area contributed by atoms with Gasteiger partial charge in [0.2, 0.25) is 5.89 Å². The highest BCUT2D eigenvalue weighted by molar-refractivity contribution is 6.52. The van der Waals surface area contributed by atoms with Crippen LogP contribution in [0.25, 0.3) is 0 Å². The van der Waals surface area contributed by atoms with E-state index in [0.29, 0.717) is 29.4 Å². The maximum absolute atomic E-state index is 12.1. The van der Waals surface area contributed by atoms with Crippen LogP contribution in [-0.4, -0.2) is 21.8 Å². The normalized spacial score (nSPS) is 13.9. The van der Waals surface area contributed by atoms with Crippen LogP contribution in [0.1, 0.15) is 41.0 Å². The van der Waals surface area contributed by atoms with Gasteiger partial charge in [-0.2, -0.15) is 4.98 Å². The highest BCUT2D eigenvalue weighted by Gasteiger charge is 2.36. The summed E-state index contributed by atoms with van der Waals surface area (Å²) in [5, 5.41) is 3.86. The van der Waals surface area contributed by atoms with E-state index >= 15 is 0 Å². The van der Waals surface area contributed by atoms with Crippen LogP contribution in [0, 0.1) is 6.92 Å². The molecule has 0 fully saturated rings. The number of aryl methyl sites for hydroxylation is 2. The van der Waals surface area contributed by atoms with E-state index in [2.05, 4.69) is 10.1 Å². The third kappa shape index (κ3) is 2.33. The number of ketones is 1. The molecule has 0 bridgehead atoms. The number of benzene rings is 1. The number of hydrogen-bond acceptors (Lipinski definition) is 5. The van der Waals surface area contributed by atoms with Crippen LogP contribution in [0.2, 0.25) is 0 Å². The van der Waals surface area contributed by atoms with E-state index in [-0.39, 0.29) is 6.54 Å². The van der Waals surface area contributed by atoms with Crippen molar-refractivity contribution in [2.75, 3.05) is 4.90 Å². The highest BCUT2D eigenvalue weighted by Crippen LogP contribution is 2.30. The lowest BCUT2D eigenvalue weighted by Gasteiger charge is -2.13. The monoisotopic (exact) mass is 285 g/mol. The molecule has 1 aromatic heterocycles. The second kappa shape index (κ2) is 5.12. The van der Waals surface area contributed by atoms with Crippen LogP contribution in [0.3, 0.4) is 0 Å². The van der Waals surface area contributed by atoms with E-state index in [1.54, 1.807) is 12.1 Å². The summed E-state index contributed by atoms with van der Waals surface area (Å²) in [5.41, 5.74) is 2.00.